The molecule has 0 N–H and O–H groups in total. The summed E-state index contributed by atoms with van der Waals surface area (Å²) in [5.74, 6) is 0.684. The number of hydrogen-bond donors (Lipinski definition) is 0. The lowest BCUT2D eigenvalue weighted by Crippen LogP contribution is -1.93. The molecule has 4 aromatic heterocycles. The first-order valence-corrected chi connectivity index (χ1v) is 17.1. The molecule has 0 aliphatic rings. The fraction of sp³-hybridized carbons (Fsp3) is 0. The van der Waals surface area contributed by atoms with E-state index in [0.29, 0.717) is 5.82 Å². The summed E-state index contributed by atoms with van der Waals surface area (Å²) in [4.78, 5) is 10.6. The number of hydrogen-bond acceptors (Lipinski definition) is 5. The minimum Gasteiger partial charge on any atom is -0.456 e. The zero-order valence-corrected chi connectivity index (χ0v) is 26.8. The Labute approximate surface area is 283 Å². The van der Waals surface area contributed by atoms with Crippen LogP contribution in [0.1, 0.15) is 0 Å². The lowest BCUT2D eigenvalue weighted by molar-refractivity contribution is 0.669. The van der Waals surface area contributed by atoms with Crippen molar-refractivity contribution in [2.75, 3.05) is 0 Å². The van der Waals surface area contributed by atoms with Gasteiger partial charge in [0.15, 0.2) is 5.82 Å². The van der Waals surface area contributed by atoms with Crippen molar-refractivity contribution in [1.29, 1.82) is 0 Å². The van der Waals surface area contributed by atoms with Crippen molar-refractivity contribution in [2.45, 2.75) is 0 Å². The quantitative estimate of drug-likeness (QED) is 0.192. The molecule has 11 rings (SSSR count). The number of fused-ring (bicyclic) bond motifs is 11. The van der Waals surface area contributed by atoms with Crippen molar-refractivity contribution in [1.82, 2.24) is 9.97 Å². The molecule has 0 bridgehead atoms. The first kappa shape index (κ1) is 26.7. The highest BCUT2D eigenvalue weighted by Crippen LogP contribution is 2.43. The molecule has 0 atom stereocenters. The molecule has 0 fully saturated rings. The normalized spacial score (nSPS) is 12.1. The largest absolute Gasteiger partial charge is 0.456 e. The van der Waals surface area contributed by atoms with Gasteiger partial charge in [0.05, 0.1) is 15.9 Å². The second kappa shape index (κ2) is 10.1. The summed E-state index contributed by atoms with van der Waals surface area (Å²) in [5.41, 5.74) is 9.71. The van der Waals surface area contributed by atoms with Crippen LogP contribution >= 0.6 is 11.3 Å². The maximum absolute atomic E-state index is 6.58. The zero-order valence-electron chi connectivity index (χ0n) is 26.0. The summed E-state index contributed by atoms with van der Waals surface area (Å²) in [6.07, 6.45) is 0. The van der Waals surface area contributed by atoms with Crippen molar-refractivity contribution in [3.05, 3.63) is 146 Å². The Morgan fingerprint density at radius 2 is 1.08 bits per heavy atom. The fourth-order valence-electron chi connectivity index (χ4n) is 7.38. The van der Waals surface area contributed by atoms with E-state index in [1.807, 2.05) is 12.1 Å². The van der Waals surface area contributed by atoms with E-state index in [2.05, 4.69) is 133 Å². The van der Waals surface area contributed by atoms with Crippen LogP contribution in [0, 0.1) is 0 Å². The van der Waals surface area contributed by atoms with E-state index in [1.54, 1.807) is 11.3 Å². The van der Waals surface area contributed by atoms with Crippen LogP contribution in [-0.2, 0) is 0 Å². The monoisotopic (exact) mass is 644 g/mol. The van der Waals surface area contributed by atoms with Crippen LogP contribution in [0.25, 0.3) is 109 Å². The van der Waals surface area contributed by atoms with Crippen molar-refractivity contribution in [3.8, 4) is 33.8 Å². The van der Waals surface area contributed by atoms with Gasteiger partial charge in [0.2, 0.25) is 0 Å². The Kier molecular flexibility index (Phi) is 5.51. The SMILES string of the molecule is c1ccc(-c2cc3c4cc(-c5nc(-c6ccc7oc8ccccc8c7c6)c6sc7ccccc7c6n5)ccc4oc3c3ccccc23)cc1. The Hall–Kier alpha value is -6.30. The minimum absolute atomic E-state index is 0.684. The average molecular weight is 645 g/mol. The summed E-state index contributed by atoms with van der Waals surface area (Å²) in [5, 5.41) is 7.71. The lowest BCUT2D eigenvalue weighted by atomic mass is 9.95. The second-order valence-electron chi connectivity index (χ2n) is 12.5. The van der Waals surface area contributed by atoms with E-state index in [4.69, 9.17) is 18.8 Å². The fourth-order valence-corrected chi connectivity index (χ4v) is 8.54. The van der Waals surface area contributed by atoms with Crippen LogP contribution in [0.5, 0.6) is 0 Å². The zero-order chi connectivity index (χ0) is 32.1. The van der Waals surface area contributed by atoms with Crippen molar-refractivity contribution in [3.63, 3.8) is 0 Å². The van der Waals surface area contributed by atoms with Crippen LogP contribution in [-0.4, -0.2) is 9.97 Å². The summed E-state index contributed by atoms with van der Waals surface area (Å²) in [6.45, 7) is 0. The number of thiophene rings is 1. The van der Waals surface area contributed by atoms with Gasteiger partial charge in [0.25, 0.3) is 0 Å². The van der Waals surface area contributed by atoms with Gasteiger partial charge in [-0.05, 0) is 71.1 Å². The number of para-hydroxylation sites is 1. The molecule has 4 nitrogen and oxygen atoms in total. The number of benzene rings is 7. The predicted octanol–water partition coefficient (Wildman–Crippen LogP) is 12.8. The van der Waals surface area contributed by atoms with Crippen molar-refractivity contribution in [2.24, 2.45) is 0 Å². The van der Waals surface area contributed by atoms with E-state index in [1.165, 1.54) is 21.2 Å². The number of aromatic nitrogens is 2. The molecule has 0 amide bonds. The third-order valence-electron chi connectivity index (χ3n) is 9.69. The van der Waals surface area contributed by atoms with E-state index in [9.17, 15) is 0 Å². The summed E-state index contributed by atoms with van der Waals surface area (Å²) < 4.78 is 15.0. The van der Waals surface area contributed by atoms with Gasteiger partial charge in [0.1, 0.15) is 22.3 Å². The van der Waals surface area contributed by atoms with Crippen LogP contribution in [0.2, 0.25) is 0 Å². The maximum atomic E-state index is 6.58. The van der Waals surface area contributed by atoms with Gasteiger partial charge in [-0.2, -0.15) is 0 Å². The van der Waals surface area contributed by atoms with Gasteiger partial charge in [0, 0.05) is 48.1 Å². The smallest absolute Gasteiger partial charge is 0.160 e. The molecule has 7 aromatic carbocycles. The Bertz CT molecular complexity index is 3110. The molecule has 0 saturated carbocycles. The summed E-state index contributed by atoms with van der Waals surface area (Å²) >= 11 is 1.74. The molecular weight excluding hydrogens is 621 g/mol. The van der Waals surface area contributed by atoms with E-state index in [0.717, 1.165) is 81.7 Å². The van der Waals surface area contributed by atoms with Crippen molar-refractivity contribution >= 4 is 86.3 Å². The highest BCUT2D eigenvalue weighted by molar-refractivity contribution is 7.26. The number of nitrogens with zero attached hydrogens (tertiary/aromatic N) is 2. The topological polar surface area (TPSA) is 52.1 Å². The van der Waals surface area contributed by atoms with Gasteiger partial charge < -0.3 is 8.83 Å². The van der Waals surface area contributed by atoms with Crippen molar-refractivity contribution < 1.29 is 8.83 Å². The molecular formula is C44H24N2O2S. The summed E-state index contributed by atoms with van der Waals surface area (Å²) in [6, 6.07) is 50.7. The Morgan fingerprint density at radius 3 is 1.96 bits per heavy atom. The van der Waals surface area contributed by atoms with E-state index < -0.39 is 0 Å². The molecule has 0 aliphatic carbocycles. The third kappa shape index (κ3) is 3.97. The molecule has 0 radical (unpaired) electrons. The van der Waals surface area contributed by atoms with Gasteiger partial charge >= 0.3 is 0 Å². The van der Waals surface area contributed by atoms with Crippen LogP contribution in [0.15, 0.2) is 154 Å². The third-order valence-corrected chi connectivity index (χ3v) is 10.9. The van der Waals surface area contributed by atoms with Gasteiger partial charge in [-0.25, -0.2) is 9.97 Å². The molecule has 11 aromatic rings. The molecule has 0 spiro atoms. The average Bonchev–Trinajstić information content (AvgIpc) is 3.85. The Balaban J connectivity index is 1.17. The lowest BCUT2D eigenvalue weighted by Gasteiger charge is -2.08. The molecule has 0 saturated heterocycles. The van der Waals surface area contributed by atoms with Crippen LogP contribution < -0.4 is 0 Å². The number of rotatable bonds is 3. The second-order valence-corrected chi connectivity index (χ2v) is 13.6. The minimum atomic E-state index is 0.684. The predicted molar refractivity (Wildman–Crippen MR) is 203 cm³/mol. The highest BCUT2D eigenvalue weighted by atomic mass is 32.1. The first-order valence-electron chi connectivity index (χ1n) is 16.3. The van der Waals surface area contributed by atoms with E-state index >= 15 is 0 Å². The molecule has 0 aliphatic heterocycles. The highest BCUT2D eigenvalue weighted by Gasteiger charge is 2.20. The van der Waals surface area contributed by atoms with Gasteiger partial charge in [-0.3, -0.25) is 0 Å². The molecule has 5 heteroatoms. The molecule has 228 valence electrons. The molecule has 4 heterocycles. The Morgan fingerprint density at radius 1 is 0.429 bits per heavy atom. The summed E-state index contributed by atoms with van der Waals surface area (Å²) in [7, 11) is 0. The first-order chi connectivity index (χ1) is 24.3. The van der Waals surface area contributed by atoms with Gasteiger partial charge in [-0.15, -0.1) is 11.3 Å². The van der Waals surface area contributed by atoms with Gasteiger partial charge in [-0.1, -0.05) is 91.0 Å². The standard InChI is InChI=1S/C44H24N2O2S/c1-2-10-25(11-3-1)32-24-35-34-23-27(19-21-38(34)48-42(35)30-14-5-4-12-28(30)32)44-45-40(43-41(46-44)31-15-7-9-17-39(31)49-43)26-18-20-37-33(22-26)29-13-6-8-16-36(29)47-37/h1-24H. The van der Waals surface area contributed by atoms with Crippen LogP contribution in [0.4, 0.5) is 0 Å². The molecule has 49 heavy (non-hydrogen) atoms. The number of furan rings is 2. The molecule has 0 unspecified atom stereocenters. The van der Waals surface area contributed by atoms with Crippen LogP contribution in [0.3, 0.4) is 0 Å². The maximum Gasteiger partial charge on any atom is 0.160 e. The van der Waals surface area contributed by atoms with E-state index in [-0.39, 0.29) is 0 Å².